The van der Waals surface area contributed by atoms with Gasteiger partial charge in [-0.2, -0.15) is 0 Å². The summed E-state index contributed by atoms with van der Waals surface area (Å²) in [6, 6.07) is 9.05. The van der Waals surface area contributed by atoms with Crippen LogP contribution >= 0.6 is 7.37 Å². The van der Waals surface area contributed by atoms with Gasteiger partial charge in [0.15, 0.2) is 11.6 Å². The lowest BCUT2D eigenvalue weighted by molar-refractivity contribution is -0.174. The number of ether oxygens (including phenoxy) is 4. The number of hydrogen-bond donors (Lipinski definition) is 1. The Morgan fingerprint density at radius 3 is 2.23 bits per heavy atom. The van der Waals surface area contributed by atoms with E-state index in [1.54, 1.807) is 12.1 Å². The molecule has 4 rings (SSSR count). The summed E-state index contributed by atoms with van der Waals surface area (Å²) in [7, 11) is -3.40. The first-order valence-electron chi connectivity index (χ1n) is 8.88. The van der Waals surface area contributed by atoms with E-state index in [1.165, 1.54) is 0 Å². The van der Waals surface area contributed by atoms with Crippen molar-refractivity contribution in [2.75, 3.05) is 6.61 Å². The molecule has 3 fully saturated rings. The largest absolute Gasteiger partial charge is 0.348 e. The molecule has 1 aromatic carbocycles. The van der Waals surface area contributed by atoms with E-state index < -0.39 is 49.1 Å². The van der Waals surface area contributed by atoms with E-state index in [9.17, 15) is 4.57 Å². The van der Waals surface area contributed by atoms with Crippen LogP contribution < -0.4 is 11.0 Å². The van der Waals surface area contributed by atoms with Crippen LogP contribution in [0.1, 0.15) is 27.7 Å². The first kappa shape index (κ1) is 18.6. The minimum Gasteiger partial charge on any atom is -0.348 e. The zero-order valence-corrected chi connectivity index (χ0v) is 16.3. The molecule has 26 heavy (non-hydrogen) atoms. The van der Waals surface area contributed by atoms with E-state index in [1.807, 2.05) is 45.9 Å². The van der Waals surface area contributed by atoms with E-state index in [0.717, 1.165) is 0 Å². The van der Waals surface area contributed by atoms with Gasteiger partial charge in [-0.15, -0.1) is 0 Å². The highest BCUT2D eigenvalue weighted by molar-refractivity contribution is 7.67. The van der Waals surface area contributed by atoms with Crippen LogP contribution in [0.25, 0.3) is 0 Å². The molecule has 6 atom stereocenters. The van der Waals surface area contributed by atoms with E-state index in [-0.39, 0.29) is 0 Å². The van der Waals surface area contributed by atoms with Gasteiger partial charge in [0, 0.05) is 5.30 Å². The highest BCUT2D eigenvalue weighted by Crippen LogP contribution is 2.59. The lowest BCUT2D eigenvalue weighted by Crippen LogP contribution is -2.57. The summed E-state index contributed by atoms with van der Waals surface area (Å²) < 4.78 is 43.8. The summed E-state index contributed by atoms with van der Waals surface area (Å²) in [4.78, 5) is 0. The zero-order chi connectivity index (χ0) is 18.7. The molecule has 0 amide bonds. The van der Waals surface area contributed by atoms with Gasteiger partial charge in [0.25, 0.3) is 7.37 Å². The van der Waals surface area contributed by atoms with Crippen molar-refractivity contribution in [3.05, 3.63) is 30.3 Å². The molecule has 0 unspecified atom stereocenters. The van der Waals surface area contributed by atoms with E-state index in [0.29, 0.717) is 11.9 Å². The van der Waals surface area contributed by atoms with Gasteiger partial charge in [-0.25, -0.2) is 0 Å². The highest BCUT2D eigenvalue weighted by atomic mass is 31.2. The van der Waals surface area contributed by atoms with E-state index in [2.05, 4.69) is 0 Å². The van der Waals surface area contributed by atoms with Crippen molar-refractivity contribution >= 4 is 12.7 Å². The fourth-order valence-electron chi connectivity index (χ4n) is 3.87. The monoisotopic (exact) mass is 383 g/mol. The summed E-state index contributed by atoms with van der Waals surface area (Å²) in [6.07, 6.45) is -2.05. The Hall–Kier alpha value is -0.790. The maximum atomic E-state index is 13.9. The van der Waals surface area contributed by atoms with E-state index in [4.69, 9.17) is 29.2 Å². The second-order valence-electron chi connectivity index (χ2n) is 7.93. The van der Waals surface area contributed by atoms with Gasteiger partial charge in [0.2, 0.25) is 0 Å². The minimum atomic E-state index is -3.40. The van der Waals surface area contributed by atoms with Crippen molar-refractivity contribution in [2.24, 2.45) is 5.73 Å². The molecule has 0 saturated carbocycles. The molecule has 7 nitrogen and oxygen atoms in total. The van der Waals surface area contributed by atoms with Crippen LogP contribution in [0.2, 0.25) is 0 Å². The molecule has 3 heterocycles. The van der Waals surface area contributed by atoms with Gasteiger partial charge >= 0.3 is 0 Å². The highest BCUT2D eigenvalue weighted by Gasteiger charge is 2.61. The Labute approximate surface area is 153 Å². The number of hydrogen-bond acceptors (Lipinski definition) is 7. The average Bonchev–Trinajstić information content (AvgIpc) is 3.10. The Morgan fingerprint density at radius 2 is 1.62 bits per heavy atom. The van der Waals surface area contributed by atoms with Gasteiger partial charge in [0.1, 0.15) is 30.2 Å². The summed E-state index contributed by atoms with van der Waals surface area (Å²) in [5, 5.41) is 0.572. The maximum absolute atomic E-state index is 13.9. The molecule has 3 aliphatic rings. The zero-order valence-electron chi connectivity index (χ0n) is 15.5. The first-order valence-corrected chi connectivity index (χ1v) is 10.6. The lowest BCUT2D eigenvalue weighted by Gasteiger charge is -2.42. The van der Waals surface area contributed by atoms with Gasteiger partial charge in [-0.05, 0) is 39.8 Å². The van der Waals surface area contributed by atoms with Gasteiger partial charge in [-0.3, -0.25) is 4.57 Å². The Bertz CT molecular complexity index is 724. The van der Waals surface area contributed by atoms with Crippen molar-refractivity contribution < 1.29 is 28.0 Å². The molecule has 2 N–H and O–H groups in total. The van der Waals surface area contributed by atoms with Crippen molar-refractivity contribution in [2.45, 2.75) is 69.5 Å². The smallest absolute Gasteiger partial charge is 0.251 e. The molecule has 1 aromatic rings. The number of fused-ring (bicyclic) bond motifs is 1. The van der Waals surface area contributed by atoms with Crippen LogP contribution in [0.15, 0.2) is 30.3 Å². The molecule has 0 spiro atoms. The van der Waals surface area contributed by atoms with E-state index >= 15 is 0 Å². The topological polar surface area (TPSA) is 89.2 Å². The van der Waals surface area contributed by atoms with Crippen molar-refractivity contribution in [3.63, 3.8) is 0 Å². The van der Waals surface area contributed by atoms with Crippen LogP contribution in [-0.4, -0.2) is 48.4 Å². The fraction of sp³-hybridized carbons (Fsp3) is 0.667. The van der Waals surface area contributed by atoms with Crippen LogP contribution in [0.3, 0.4) is 0 Å². The second kappa shape index (κ2) is 6.11. The summed E-state index contributed by atoms with van der Waals surface area (Å²) in [5.41, 5.74) is 6.40. The van der Waals surface area contributed by atoms with Gasteiger partial charge < -0.3 is 29.2 Å². The molecular formula is C18H26NO6P. The minimum absolute atomic E-state index is 0.328. The maximum Gasteiger partial charge on any atom is 0.251 e. The van der Waals surface area contributed by atoms with Crippen LogP contribution in [-0.2, 0) is 28.0 Å². The molecular weight excluding hydrogens is 357 g/mol. The van der Waals surface area contributed by atoms with Crippen LogP contribution in [0.5, 0.6) is 0 Å². The third-order valence-electron chi connectivity index (χ3n) is 5.01. The Kier molecular flexibility index (Phi) is 4.36. The molecule has 8 heteroatoms. The van der Waals surface area contributed by atoms with Gasteiger partial charge in [0.05, 0.1) is 6.61 Å². The third-order valence-corrected chi connectivity index (χ3v) is 7.66. The Morgan fingerprint density at radius 1 is 0.962 bits per heavy atom. The number of rotatable bonds is 2. The third kappa shape index (κ3) is 3.06. The normalized spacial score (nSPS) is 44.0. The molecule has 144 valence electrons. The molecule has 0 aliphatic carbocycles. The second-order valence-corrected chi connectivity index (χ2v) is 10.4. The summed E-state index contributed by atoms with van der Waals surface area (Å²) in [6.45, 7) is 7.64. The predicted molar refractivity (Wildman–Crippen MR) is 95.3 cm³/mol. The number of benzene rings is 1. The average molecular weight is 383 g/mol. The molecule has 0 aromatic heterocycles. The molecule has 0 bridgehead atoms. The lowest BCUT2D eigenvalue weighted by atomic mass is 10.0. The van der Waals surface area contributed by atoms with Crippen molar-refractivity contribution in [1.82, 2.24) is 0 Å². The molecule has 3 saturated heterocycles. The Balaban J connectivity index is 1.72. The number of nitrogens with two attached hydrogens (primary N) is 1. The summed E-state index contributed by atoms with van der Waals surface area (Å²) >= 11 is 0. The molecule has 0 radical (unpaired) electrons. The van der Waals surface area contributed by atoms with Crippen molar-refractivity contribution in [3.8, 4) is 0 Å². The first-order chi connectivity index (χ1) is 12.1. The van der Waals surface area contributed by atoms with Crippen LogP contribution in [0, 0.1) is 0 Å². The summed E-state index contributed by atoms with van der Waals surface area (Å²) in [5.74, 6) is -2.38. The van der Waals surface area contributed by atoms with Crippen molar-refractivity contribution in [1.29, 1.82) is 0 Å². The standard InChI is InChI=1S/C18H26NO6P/c1-17(2)21-10-12(22-17)13-14-15(24-18(3,4)23-14)16(19)26(20,25-13)11-8-6-5-7-9-11/h5-9,12-16H,10,19H2,1-4H3/t12-,13-,14+,15+,16+,26+/m1/s1. The van der Waals surface area contributed by atoms with Gasteiger partial charge in [-0.1, -0.05) is 18.2 Å². The molecule has 3 aliphatic heterocycles. The quantitative estimate of drug-likeness (QED) is 0.781. The predicted octanol–water partition coefficient (Wildman–Crippen LogP) is 1.95. The van der Waals surface area contributed by atoms with Crippen LogP contribution in [0.4, 0.5) is 0 Å². The SMILES string of the molecule is CC1(C)O[C@@H]2[C@H](O1)[C@@H](N)[P@](=O)(c1ccccc1)O[C@@H]2[C@H]1COC(C)(C)O1. The fourth-order valence-corrected chi connectivity index (χ4v) is 6.29.